The van der Waals surface area contributed by atoms with E-state index in [-0.39, 0.29) is 12.8 Å². The van der Waals surface area contributed by atoms with Crippen LogP contribution >= 0.6 is 15.6 Å². The van der Waals surface area contributed by atoms with Crippen molar-refractivity contribution in [2.24, 2.45) is 0 Å². The first-order chi connectivity index (χ1) is 29.8. The number of unbranched alkanes of at least 4 members (excludes halogenated alkanes) is 8. The van der Waals surface area contributed by atoms with Gasteiger partial charge in [0, 0.05) is 12.8 Å². The standard InChI is InChI=1S/C46H76O14P2/c1-3-5-7-8-9-10-11-12-13-14-18-21-24-27-31-35-45(48)55-39-42(40-58-62(53,54)57-38-41(47)37-56-61(50,51)52)59-46(49)36-32-28-25-22-19-16-15-17-20-23-26-30-34-44-43(60-44)33-29-6-4-2/h6,9-10,12-13,16-17,19-20,25-26,28-30,41-44,47H,3-5,7-8,11,14-15,18,21-24,27,31-40H2,1-2H3,(H,53,54)(H2,50,51,52)/b10-9-,13-12-,19-16-,20-17-,28-25-,29-6-,30-26-/t41-,42+,43?,44?/m0/s1. The number of phosphoric ester groups is 2. The molecule has 16 heteroatoms. The van der Waals surface area contributed by atoms with E-state index in [0.29, 0.717) is 31.5 Å². The zero-order valence-electron chi connectivity index (χ0n) is 37.1. The second kappa shape index (κ2) is 37.6. The van der Waals surface area contributed by atoms with Crippen molar-refractivity contribution in [2.45, 2.75) is 167 Å². The fourth-order valence-corrected chi connectivity index (χ4v) is 6.84. The van der Waals surface area contributed by atoms with Crippen molar-refractivity contribution in [1.82, 2.24) is 0 Å². The number of phosphoric acid groups is 2. The van der Waals surface area contributed by atoms with Crippen molar-refractivity contribution in [3.63, 3.8) is 0 Å². The number of allylic oxidation sites excluding steroid dienone is 12. The molecule has 1 aliphatic rings. The Balaban J connectivity index is 2.41. The molecule has 0 aliphatic carbocycles. The van der Waals surface area contributed by atoms with Gasteiger partial charge in [0.05, 0.1) is 32.0 Å². The summed E-state index contributed by atoms with van der Waals surface area (Å²) in [6, 6.07) is 0. The Bertz CT molecular complexity index is 1480. The second-order valence-corrected chi connectivity index (χ2v) is 17.7. The molecular weight excluding hydrogens is 838 g/mol. The molecule has 1 heterocycles. The molecule has 1 aliphatic heterocycles. The highest BCUT2D eigenvalue weighted by Crippen LogP contribution is 2.44. The fraction of sp³-hybridized carbons (Fsp3) is 0.652. The first-order valence-electron chi connectivity index (χ1n) is 22.4. The number of carbonyl (C=O) groups is 2. The van der Waals surface area contributed by atoms with Crippen LogP contribution < -0.4 is 0 Å². The summed E-state index contributed by atoms with van der Waals surface area (Å²) in [6.07, 6.45) is 44.8. The lowest BCUT2D eigenvalue weighted by molar-refractivity contribution is -0.161. The molecule has 0 aromatic heterocycles. The van der Waals surface area contributed by atoms with Gasteiger partial charge in [0.15, 0.2) is 6.10 Å². The Morgan fingerprint density at radius 2 is 1.06 bits per heavy atom. The topological polar surface area (TPSA) is 208 Å². The van der Waals surface area contributed by atoms with Gasteiger partial charge in [-0.2, -0.15) is 0 Å². The van der Waals surface area contributed by atoms with E-state index in [1.807, 2.05) is 18.2 Å². The lowest BCUT2D eigenvalue weighted by Gasteiger charge is -2.20. The number of hydrogen-bond donors (Lipinski definition) is 4. The van der Waals surface area contributed by atoms with Crippen LogP contribution in [-0.2, 0) is 46.5 Å². The number of esters is 2. The molecule has 4 N–H and O–H groups in total. The van der Waals surface area contributed by atoms with Crippen molar-refractivity contribution in [3.05, 3.63) is 85.1 Å². The molecule has 1 saturated heterocycles. The monoisotopic (exact) mass is 914 g/mol. The van der Waals surface area contributed by atoms with Gasteiger partial charge in [-0.25, -0.2) is 9.13 Å². The maximum atomic E-state index is 12.7. The number of aliphatic hydroxyl groups excluding tert-OH is 1. The molecule has 0 amide bonds. The van der Waals surface area contributed by atoms with E-state index in [2.05, 4.69) is 89.7 Å². The Morgan fingerprint density at radius 3 is 1.66 bits per heavy atom. The summed E-state index contributed by atoms with van der Waals surface area (Å²) >= 11 is 0. The van der Waals surface area contributed by atoms with Crippen LogP contribution in [0.15, 0.2) is 85.1 Å². The second-order valence-electron chi connectivity index (χ2n) is 15.0. The molecule has 1 fully saturated rings. The first-order valence-corrected chi connectivity index (χ1v) is 25.4. The Labute approximate surface area is 371 Å². The van der Waals surface area contributed by atoms with E-state index >= 15 is 0 Å². The van der Waals surface area contributed by atoms with Gasteiger partial charge in [-0.3, -0.25) is 23.2 Å². The predicted molar refractivity (Wildman–Crippen MR) is 243 cm³/mol. The molecule has 0 bridgehead atoms. The molecular formula is C46H76O14P2. The average molecular weight is 915 g/mol. The lowest BCUT2D eigenvalue weighted by atomic mass is 10.1. The van der Waals surface area contributed by atoms with Gasteiger partial charge in [0.2, 0.25) is 0 Å². The molecule has 0 aromatic carbocycles. The number of hydrogen-bond acceptors (Lipinski definition) is 11. The van der Waals surface area contributed by atoms with Crippen LogP contribution in [0.1, 0.15) is 142 Å². The highest BCUT2D eigenvalue weighted by atomic mass is 31.2. The molecule has 3 unspecified atom stereocenters. The third-order valence-corrected chi connectivity index (χ3v) is 10.6. The van der Waals surface area contributed by atoms with Crippen LogP contribution in [0.4, 0.5) is 0 Å². The molecule has 0 spiro atoms. The van der Waals surface area contributed by atoms with E-state index in [1.54, 1.807) is 0 Å². The predicted octanol–water partition coefficient (Wildman–Crippen LogP) is 10.5. The molecule has 354 valence electrons. The van der Waals surface area contributed by atoms with Crippen LogP contribution in [0, 0.1) is 0 Å². The molecule has 5 atom stereocenters. The largest absolute Gasteiger partial charge is 0.472 e. The van der Waals surface area contributed by atoms with Crippen molar-refractivity contribution in [1.29, 1.82) is 0 Å². The number of carbonyl (C=O) groups excluding carboxylic acids is 2. The van der Waals surface area contributed by atoms with E-state index in [1.165, 1.54) is 19.3 Å². The molecule has 0 radical (unpaired) electrons. The molecule has 0 aromatic rings. The normalized spacial score (nSPS) is 18.0. The minimum atomic E-state index is -4.88. The van der Waals surface area contributed by atoms with Gasteiger partial charge < -0.3 is 34.0 Å². The average Bonchev–Trinajstić information content (AvgIpc) is 3.99. The maximum absolute atomic E-state index is 12.7. The third-order valence-electron chi connectivity index (χ3n) is 9.17. The summed E-state index contributed by atoms with van der Waals surface area (Å²) in [5, 5.41) is 9.75. The van der Waals surface area contributed by atoms with E-state index < -0.39 is 66.2 Å². The van der Waals surface area contributed by atoms with Crippen LogP contribution in [0.2, 0.25) is 0 Å². The van der Waals surface area contributed by atoms with Gasteiger partial charge in [-0.15, -0.1) is 0 Å². The Hall–Kier alpha value is -2.74. The van der Waals surface area contributed by atoms with Crippen molar-refractivity contribution >= 4 is 27.6 Å². The van der Waals surface area contributed by atoms with Crippen LogP contribution in [0.5, 0.6) is 0 Å². The van der Waals surface area contributed by atoms with Gasteiger partial charge in [0.1, 0.15) is 12.7 Å². The summed E-state index contributed by atoms with van der Waals surface area (Å²) in [7, 11) is -9.72. The summed E-state index contributed by atoms with van der Waals surface area (Å²) in [6.45, 7) is 1.50. The number of rotatable bonds is 40. The summed E-state index contributed by atoms with van der Waals surface area (Å²) < 4.78 is 53.4. The zero-order valence-corrected chi connectivity index (χ0v) is 38.9. The highest BCUT2D eigenvalue weighted by Gasteiger charge is 2.36. The fourth-order valence-electron chi connectivity index (χ4n) is 5.68. The minimum absolute atomic E-state index is 0.00460. The Morgan fingerprint density at radius 1 is 0.565 bits per heavy atom. The van der Waals surface area contributed by atoms with Crippen LogP contribution in [0.25, 0.3) is 0 Å². The van der Waals surface area contributed by atoms with Crippen LogP contribution in [0.3, 0.4) is 0 Å². The first kappa shape index (κ1) is 57.3. The Kier molecular flexibility index (Phi) is 34.8. The van der Waals surface area contributed by atoms with Crippen LogP contribution in [-0.4, -0.2) is 82.6 Å². The van der Waals surface area contributed by atoms with Crippen molar-refractivity contribution < 1.29 is 66.3 Å². The zero-order chi connectivity index (χ0) is 45.6. The smallest absolute Gasteiger partial charge is 0.462 e. The third kappa shape index (κ3) is 37.8. The number of ether oxygens (including phenoxy) is 3. The summed E-state index contributed by atoms with van der Waals surface area (Å²) in [5.74, 6) is -1.16. The molecule has 62 heavy (non-hydrogen) atoms. The number of aliphatic hydroxyl groups is 1. The highest BCUT2D eigenvalue weighted by molar-refractivity contribution is 7.47. The molecule has 1 rings (SSSR count). The van der Waals surface area contributed by atoms with Gasteiger partial charge >= 0.3 is 27.6 Å². The SMILES string of the molecule is CC/C=C\CC1OC1C/C=C\C/C=C\C/C=C\C/C=C\CCC(=O)O[C@H](COC(=O)CCCCCCC/C=C\C/C=C\CCCCC)COP(=O)(O)OC[C@@H](O)COP(=O)(O)O. The lowest BCUT2D eigenvalue weighted by Crippen LogP contribution is -2.29. The van der Waals surface area contributed by atoms with E-state index in [0.717, 1.165) is 77.0 Å². The summed E-state index contributed by atoms with van der Waals surface area (Å²) in [5.41, 5.74) is 0. The van der Waals surface area contributed by atoms with Gasteiger partial charge in [-0.1, -0.05) is 131 Å². The van der Waals surface area contributed by atoms with E-state index in [4.69, 9.17) is 28.5 Å². The minimum Gasteiger partial charge on any atom is -0.462 e. The maximum Gasteiger partial charge on any atom is 0.472 e. The van der Waals surface area contributed by atoms with Crippen molar-refractivity contribution in [2.75, 3.05) is 26.4 Å². The molecule has 14 nitrogen and oxygen atoms in total. The van der Waals surface area contributed by atoms with Crippen molar-refractivity contribution in [3.8, 4) is 0 Å². The van der Waals surface area contributed by atoms with Gasteiger partial charge in [-0.05, 0) is 83.5 Å². The van der Waals surface area contributed by atoms with Gasteiger partial charge in [0.25, 0.3) is 0 Å². The summed E-state index contributed by atoms with van der Waals surface area (Å²) in [4.78, 5) is 52.7. The quantitative estimate of drug-likeness (QED) is 0.0148. The number of epoxide rings is 1. The van der Waals surface area contributed by atoms with E-state index in [9.17, 15) is 28.7 Å². The molecule has 0 saturated carbocycles.